The molecule has 0 unspecified atom stereocenters. The molecule has 0 saturated carbocycles. The van der Waals surface area contributed by atoms with Gasteiger partial charge in [-0.15, -0.1) is 0 Å². The van der Waals surface area contributed by atoms with Gasteiger partial charge in [0.15, 0.2) is 0 Å². The second-order valence-corrected chi connectivity index (χ2v) is 3.82. The SMILES string of the molecule is COc1ccc(OC)c([C@H](CN)N(C)C)c1. The zero-order valence-electron chi connectivity index (χ0n) is 10.4. The van der Waals surface area contributed by atoms with Gasteiger partial charge >= 0.3 is 0 Å². The van der Waals surface area contributed by atoms with Gasteiger partial charge in [-0.05, 0) is 32.3 Å². The van der Waals surface area contributed by atoms with E-state index in [1.807, 2.05) is 32.3 Å². The number of rotatable bonds is 5. The average Bonchev–Trinajstić information content (AvgIpc) is 2.29. The van der Waals surface area contributed by atoms with E-state index < -0.39 is 0 Å². The number of nitrogens with zero attached hydrogens (tertiary/aromatic N) is 1. The van der Waals surface area contributed by atoms with Gasteiger partial charge in [0.25, 0.3) is 0 Å². The van der Waals surface area contributed by atoms with Gasteiger partial charge in [-0.25, -0.2) is 0 Å². The van der Waals surface area contributed by atoms with E-state index in [1.54, 1.807) is 14.2 Å². The van der Waals surface area contributed by atoms with Crippen LogP contribution in [0.2, 0.25) is 0 Å². The highest BCUT2D eigenvalue weighted by Crippen LogP contribution is 2.30. The number of nitrogens with two attached hydrogens (primary N) is 1. The van der Waals surface area contributed by atoms with Gasteiger partial charge in [0.1, 0.15) is 11.5 Å². The average molecular weight is 224 g/mol. The Bertz CT molecular complexity index is 340. The van der Waals surface area contributed by atoms with Gasteiger partial charge < -0.3 is 20.1 Å². The molecule has 0 fully saturated rings. The molecule has 0 aliphatic heterocycles. The lowest BCUT2D eigenvalue weighted by Crippen LogP contribution is -2.27. The van der Waals surface area contributed by atoms with Gasteiger partial charge in [0, 0.05) is 12.1 Å². The van der Waals surface area contributed by atoms with Crippen LogP contribution in [-0.4, -0.2) is 39.8 Å². The van der Waals surface area contributed by atoms with Crippen molar-refractivity contribution in [2.24, 2.45) is 5.73 Å². The molecule has 0 bridgehead atoms. The van der Waals surface area contributed by atoms with Gasteiger partial charge in [0.05, 0.1) is 20.3 Å². The second-order valence-electron chi connectivity index (χ2n) is 3.82. The molecule has 90 valence electrons. The Labute approximate surface area is 96.9 Å². The molecule has 1 aromatic rings. The minimum atomic E-state index is 0.130. The van der Waals surface area contributed by atoms with Crippen molar-refractivity contribution >= 4 is 0 Å². The fraction of sp³-hybridized carbons (Fsp3) is 0.500. The highest BCUT2D eigenvalue weighted by Gasteiger charge is 2.17. The lowest BCUT2D eigenvalue weighted by molar-refractivity contribution is 0.293. The molecule has 0 spiro atoms. The first-order chi connectivity index (χ1) is 7.63. The van der Waals surface area contributed by atoms with E-state index in [-0.39, 0.29) is 6.04 Å². The van der Waals surface area contributed by atoms with Gasteiger partial charge in [-0.2, -0.15) is 0 Å². The predicted octanol–water partition coefficient (Wildman–Crippen LogP) is 1.27. The molecule has 0 amide bonds. The molecule has 0 aromatic heterocycles. The number of hydrogen-bond acceptors (Lipinski definition) is 4. The summed E-state index contributed by atoms with van der Waals surface area (Å²) in [5, 5.41) is 0. The van der Waals surface area contributed by atoms with Crippen LogP contribution in [0.15, 0.2) is 18.2 Å². The van der Waals surface area contributed by atoms with Crippen molar-refractivity contribution in [3.05, 3.63) is 23.8 Å². The summed E-state index contributed by atoms with van der Waals surface area (Å²) in [5.74, 6) is 1.65. The zero-order chi connectivity index (χ0) is 12.1. The third-order valence-electron chi connectivity index (χ3n) is 2.64. The normalized spacial score (nSPS) is 12.6. The van der Waals surface area contributed by atoms with Crippen LogP contribution in [-0.2, 0) is 0 Å². The molecule has 4 heteroatoms. The largest absolute Gasteiger partial charge is 0.497 e. The molecule has 2 N–H and O–H groups in total. The lowest BCUT2D eigenvalue weighted by Gasteiger charge is -2.25. The van der Waals surface area contributed by atoms with Crippen LogP contribution in [0.5, 0.6) is 11.5 Å². The quantitative estimate of drug-likeness (QED) is 0.818. The number of methoxy groups -OCH3 is 2. The van der Waals surface area contributed by atoms with Crippen molar-refractivity contribution in [1.29, 1.82) is 0 Å². The Balaban J connectivity index is 3.15. The minimum absolute atomic E-state index is 0.130. The molecule has 4 nitrogen and oxygen atoms in total. The van der Waals surface area contributed by atoms with Crippen LogP contribution >= 0.6 is 0 Å². The highest BCUT2D eigenvalue weighted by atomic mass is 16.5. The first-order valence-electron chi connectivity index (χ1n) is 5.22. The zero-order valence-corrected chi connectivity index (χ0v) is 10.4. The maximum absolute atomic E-state index is 5.78. The van der Waals surface area contributed by atoms with E-state index in [4.69, 9.17) is 15.2 Å². The number of ether oxygens (including phenoxy) is 2. The Hall–Kier alpha value is -1.26. The van der Waals surface area contributed by atoms with Crippen molar-refractivity contribution in [3.63, 3.8) is 0 Å². The van der Waals surface area contributed by atoms with Gasteiger partial charge in [-0.1, -0.05) is 0 Å². The van der Waals surface area contributed by atoms with Crippen molar-refractivity contribution in [2.75, 3.05) is 34.9 Å². The van der Waals surface area contributed by atoms with E-state index in [2.05, 4.69) is 4.90 Å². The second kappa shape index (κ2) is 5.72. The van der Waals surface area contributed by atoms with Crippen molar-refractivity contribution in [3.8, 4) is 11.5 Å². The van der Waals surface area contributed by atoms with E-state index in [0.717, 1.165) is 17.1 Å². The summed E-state index contributed by atoms with van der Waals surface area (Å²) in [6, 6.07) is 5.88. The summed E-state index contributed by atoms with van der Waals surface area (Å²) >= 11 is 0. The standard InChI is InChI=1S/C12H20N2O2/c1-14(2)11(8-13)10-7-9(15-3)5-6-12(10)16-4/h5-7,11H,8,13H2,1-4H3/t11-/m0/s1. The fourth-order valence-corrected chi connectivity index (χ4v) is 1.72. The molecular formula is C12H20N2O2. The Morgan fingerprint density at radius 1 is 1.25 bits per heavy atom. The van der Waals surface area contributed by atoms with E-state index in [1.165, 1.54) is 0 Å². The van der Waals surface area contributed by atoms with Crippen LogP contribution in [0.4, 0.5) is 0 Å². The number of hydrogen-bond donors (Lipinski definition) is 1. The van der Waals surface area contributed by atoms with E-state index >= 15 is 0 Å². The molecule has 16 heavy (non-hydrogen) atoms. The molecular weight excluding hydrogens is 204 g/mol. The Morgan fingerprint density at radius 3 is 2.38 bits per heavy atom. The topological polar surface area (TPSA) is 47.7 Å². The van der Waals surface area contributed by atoms with Crippen molar-refractivity contribution in [1.82, 2.24) is 4.90 Å². The van der Waals surface area contributed by atoms with E-state index in [0.29, 0.717) is 6.54 Å². The summed E-state index contributed by atoms with van der Waals surface area (Å²) in [5.41, 5.74) is 6.83. The fourth-order valence-electron chi connectivity index (χ4n) is 1.72. The maximum Gasteiger partial charge on any atom is 0.123 e. The van der Waals surface area contributed by atoms with Crippen molar-refractivity contribution < 1.29 is 9.47 Å². The van der Waals surface area contributed by atoms with Crippen LogP contribution < -0.4 is 15.2 Å². The Kier molecular flexibility index (Phi) is 4.58. The molecule has 1 aromatic carbocycles. The van der Waals surface area contributed by atoms with Crippen LogP contribution in [0.3, 0.4) is 0 Å². The summed E-state index contributed by atoms with van der Waals surface area (Å²) in [4.78, 5) is 2.07. The summed E-state index contributed by atoms with van der Waals surface area (Å²) in [6.45, 7) is 0.538. The predicted molar refractivity (Wildman–Crippen MR) is 65.0 cm³/mol. The van der Waals surface area contributed by atoms with Crippen molar-refractivity contribution in [2.45, 2.75) is 6.04 Å². The minimum Gasteiger partial charge on any atom is -0.497 e. The molecule has 0 saturated heterocycles. The Morgan fingerprint density at radius 2 is 1.94 bits per heavy atom. The summed E-state index contributed by atoms with van der Waals surface area (Å²) in [7, 11) is 7.31. The summed E-state index contributed by atoms with van der Waals surface area (Å²) < 4.78 is 10.6. The number of benzene rings is 1. The number of likely N-dealkylation sites (N-methyl/N-ethyl adjacent to an activating group) is 1. The third-order valence-corrected chi connectivity index (χ3v) is 2.64. The molecule has 0 radical (unpaired) electrons. The van der Waals surface area contributed by atoms with Crippen LogP contribution in [0.25, 0.3) is 0 Å². The van der Waals surface area contributed by atoms with Gasteiger partial charge in [-0.3, -0.25) is 0 Å². The monoisotopic (exact) mass is 224 g/mol. The van der Waals surface area contributed by atoms with E-state index in [9.17, 15) is 0 Å². The lowest BCUT2D eigenvalue weighted by atomic mass is 10.0. The molecule has 0 heterocycles. The highest BCUT2D eigenvalue weighted by molar-refractivity contribution is 5.42. The van der Waals surface area contributed by atoms with Crippen LogP contribution in [0.1, 0.15) is 11.6 Å². The summed E-state index contributed by atoms with van der Waals surface area (Å²) in [6.07, 6.45) is 0. The first-order valence-corrected chi connectivity index (χ1v) is 5.22. The molecule has 0 aliphatic carbocycles. The third kappa shape index (κ3) is 2.65. The van der Waals surface area contributed by atoms with Gasteiger partial charge in [0.2, 0.25) is 0 Å². The molecule has 1 rings (SSSR count). The molecule has 1 atom stereocenters. The van der Waals surface area contributed by atoms with Crippen LogP contribution in [0, 0.1) is 0 Å². The smallest absolute Gasteiger partial charge is 0.123 e. The molecule has 0 aliphatic rings. The first kappa shape index (κ1) is 12.8. The maximum atomic E-state index is 5.78.